The molecule has 2 saturated heterocycles. The van der Waals surface area contributed by atoms with Crippen molar-refractivity contribution in [1.82, 2.24) is 10.2 Å². The van der Waals surface area contributed by atoms with Crippen molar-refractivity contribution < 1.29 is 23.9 Å². The molecule has 0 aromatic heterocycles. The largest absolute Gasteiger partial charge is 0.385 e. The number of nitrogens with zero attached hydrogens (tertiary/aromatic N) is 1. The lowest BCUT2D eigenvalue weighted by atomic mass is 9.74. The van der Waals surface area contributed by atoms with Gasteiger partial charge in [0.15, 0.2) is 0 Å². The van der Waals surface area contributed by atoms with Crippen LogP contribution in [0.2, 0.25) is 0 Å². The fourth-order valence-corrected chi connectivity index (χ4v) is 6.59. The lowest BCUT2D eigenvalue weighted by Crippen LogP contribution is -2.56. The first kappa shape index (κ1) is 25.9. The zero-order valence-electron chi connectivity index (χ0n) is 22.1. The van der Waals surface area contributed by atoms with Gasteiger partial charge in [0.25, 0.3) is 0 Å². The molecule has 1 saturated carbocycles. The Morgan fingerprint density at radius 1 is 1.14 bits per heavy atom. The van der Waals surface area contributed by atoms with Gasteiger partial charge >= 0.3 is 0 Å². The zero-order chi connectivity index (χ0) is 26.2. The highest BCUT2D eigenvalue weighted by Gasteiger charge is 2.72. The van der Waals surface area contributed by atoms with Gasteiger partial charge in [0, 0.05) is 32.0 Å². The molecule has 8 nitrogen and oxygen atoms in total. The average molecular weight is 510 g/mol. The van der Waals surface area contributed by atoms with E-state index >= 15 is 0 Å². The number of carbonyl (C=O) groups is 3. The Kier molecular flexibility index (Phi) is 7.41. The molecule has 0 unspecified atom stereocenters. The Hall–Kier alpha value is -2.71. The average Bonchev–Trinajstić information content (AvgIpc) is 3.52. The summed E-state index contributed by atoms with van der Waals surface area (Å²) in [5.74, 6) is -1.66. The number of likely N-dealkylation sites (tertiary alicyclic amines) is 1. The van der Waals surface area contributed by atoms with Crippen molar-refractivity contribution in [3.8, 4) is 0 Å². The van der Waals surface area contributed by atoms with Crippen LogP contribution < -0.4 is 10.6 Å². The van der Waals surface area contributed by atoms with Gasteiger partial charge in [0.2, 0.25) is 17.7 Å². The summed E-state index contributed by atoms with van der Waals surface area (Å²) in [5, 5.41) is 6.21. The number of nitrogens with one attached hydrogen (secondary N) is 2. The second-order valence-electron chi connectivity index (χ2n) is 11.2. The van der Waals surface area contributed by atoms with Crippen molar-refractivity contribution in [3.05, 3.63) is 42.0 Å². The van der Waals surface area contributed by atoms with Crippen molar-refractivity contribution in [2.75, 3.05) is 25.6 Å². The predicted octanol–water partition coefficient (Wildman–Crippen LogP) is 3.38. The maximum atomic E-state index is 13.9. The maximum Gasteiger partial charge on any atom is 0.246 e. The standard InChI is InChI=1S/C29H39N3O5/c1-18(2)19-10-12-21(13-11-19)30-26(33)23-22-14-15-29(37-22)24(23)28(35)32(16-7-17-36-3)25(29)27(34)31-20-8-5-4-6-9-20/h10-15,18,20,22-25H,4-9,16-17H2,1-3H3,(H,30,33)(H,31,34)/t22-,23+,24-,25+,29-/m0/s1. The van der Waals surface area contributed by atoms with Gasteiger partial charge in [-0.2, -0.15) is 0 Å². The third-order valence-corrected chi connectivity index (χ3v) is 8.47. The lowest BCUT2D eigenvalue weighted by molar-refractivity contribution is -0.141. The highest BCUT2D eigenvalue weighted by Crippen LogP contribution is 2.55. The first-order chi connectivity index (χ1) is 17.9. The Balaban J connectivity index is 1.39. The molecule has 3 aliphatic heterocycles. The monoisotopic (exact) mass is 509 g/mol. The minimum absolute atomic E-state index is 0.114. The summed E-state index contributed by atoms with van der Waals surface area (Å²) < 4.78 is 11.6. The number of fused-ring (bicyclic) bond motifs is 1. The summed E-state index contributed by atoms with van der Waals surface area (Å²) in [4.78, 5) is 42.8. The smallest absolute Gasteiger partial charge is 0.246 e. The second kappa shape index (κ2) is 10.6. The summed E-state index contributed by atoms with van der Waals surface area (Å²) in [5.41, 5.74) is 0.744. The molecular formula is C29H39N3O5. The number of methoxy groups -OCH3 is 1. The minimum atomic E-state index is -1.13. The topological polar surface area (TPSA) is 97.0 Å². The first-order valence-electron chi connectivity index (χ1n) is 13.7. The second-order valence-corrected chi connectivity index (χ2v) is 11.2. The van der Waals surface area contributed by atoms with E-state index in [9.17, 15) is 14.4 Å². The number of ether oxygens (including phenoxy) is 2. The molecule has 2 N–H and O–H groups in total. The van der Waals surface area contributed by atoms with Crippen molar-refractivity contribution >= 4 is 23.4 Å². The summed E-state index contributed by atoms with van der Waals surface area (Å²) in [7, 11) is 1.62. The Morgan fingerprint density at radius 3 is 2.54 bits per heavy atom. The number of hydrogen-bond donors (Lipinski definition) is 2. The van der Waals surface area contributed by atoms with Gasteiger partial charge in [-0.3, -0.25) is 14.4 Å². The lowest BCUT2D eigenvalue weighted by Gasteiger charge is -2.34. The summed E-state index contributed by atoms with van der Waals surface area (Å²) in [6.45, 7) is 5.10. The summed E-state index contributed by atoms with van der Waals surface area (Å²) >= 11 is 0. The quantitative estimate of drug-likeness (QED) is 0.393. The fourth-order valence-electron chi connectivity index (χ4n) is 6.59. The molecule has 200 valence electrons. The molecule has 1 aromatic rings. The van der Waals surface area contributed by atoms with Gasteiger partial charge in [-0.25, -0.2) is 0 Å². The van der Waals surface area contributed by atoms with Crippen LogP contribution in [0.15, 0.2) is 36.4 Å². The van der Waals surface area contributed by atoms with Crippen LogP contribution in [0, 0.1) is 11.8 Å². The van der Waals surface area contributed by atoms with Crippen LogP contribution >= 0.6 is 0 Å². The molecule has 3 amide bonds. The molecule has 37 heavy (non-hydrogen) atoms. The van der Waals surface area contributed by atoms with E-state index in [-0.39, 0.29) is 23.8 Å². The van der Waals surface area contributed by atoms with E-state index in [1.807, 2.05) is 36.4 Å². The van der Waals surface area contributed by atoms with E-state index in [1.165, 1.54) is 12.0 Å². The molecule has 1 spiro atoms. The highest BCUT2D eigenvalue weighted by atomic mass is 16.5. The summed E-state index contributed by atoms with van der Waals surface area (Å²) in [6, 6.07) is 7.10. The number of carbonyl (C=O) groups excluding carboxylic acids is 3. The Morgan fingerprint density at radius 2 is 1.86 bits per heavy atom. The van der Waals surface area contributed by atoms with Gasteiger partial charge in [-0.05, 0) is 42.9 Å². The molecular weight excluding hydrogens is 470 g/mol. The number of hydrogen-bond acceptors (Lipinski definition) is 5. The van der Waals surface area contributed by atoms with Crippen molar-refractivity contribution in [3.63, 3.8) is 0 Å². The van der Waals surface area contributed by atoms with E-state index in [1.54, 1.807) is 12.0 Å². The molecule has 0 radical (unpaired) electrons. The van der Waals surface area contributed by atoms with Crippen molar-refractivity contribution in [1.29, 1.82) is 0 Å². The number of benzene rings is 1. The minimum Gasteiger partial charge on any atom is -0.385 e. The van der Waals surface area contributed by atoms with Crippen LogP contribution in [-0.2, 0) is 23.9 Å². The van der Waals surface area contributed by atoms with Gasteiger partial charge in [0.05, 0.1) is 17.9 Å². The van der Waals surface area contributed by atoms with Gasteiger partial charge in [0.1, 0.15) is 11.6 Å². The molecule has 2 bridgehead atoms. The van der Waals surface area contributed by atoms with Crippen LogP contribution in [0.25, 0.3) is 0 Å². The molecule has 5 rings (SSSR count). The molecule has 3 fully saturated rings. The summed E-state index contributed by atoms with van der Waals surface area (Å²) in [6.07, 6.45) is 9.07. The molecule has 1 aromatic carbocycles. The normalized spacial score (nSPS) is 30.7. The molecule has 4 aliphatic rings. The van der Waals surface area contributed by atoms with Gasteiger partial charge < -0.3 is 25.0 Å². The highest BCUT2D eigenvalue weighted by molar-refractivity contribution is 6.02. The van der Waals surface area contributed by atoms with E-state index in [0.717, 1.165) is 25.7 Å². The predicted molar refractivity (Wildman–Crippen MR) is 140 cm³/mol. The van der Waals surface area contributed by atoms with E-state index in [0.29, 0.717) is 31.2 Å². The molecule has 5 atom stereocenters. The third-order valence-electron chi connectivity index (χ3n) is 8.47. The van der Waals surface area contributed by atoms with Gasteiger partial charge in [-0.15, -0.1) is 0 Å². The van der Waals surface area contributed by atoms with Crippen molar-refractivity contribution in [2.24, 2.45) is 11.8 Å². The Bertz CT molecular complexity index is 1050. The number of amides is 3. The maximum absolute atomic E-state index is 13.9. The van der Waals surface area contributed by atoms with Crippen LogP contribution in [0.3, 0.4) is 0 Å². The SMILES string of the molecule is COCCCN1C(=O)[C@@H]2[C@H](C(=O)Nc3ccc(C(C)C)cc3)[C@@H]3C=C[C@@]2(O3)[C@H]1C(=O)NC1CCCCC1. The van der Waals surface area contributed by atoms with E-state index in [4.69, 9.17) is 9.47 Å². The number of anilines is 1. The van der Waals surface area contributed by atoms with Crippen molar-refractivity contribution in [2.45, 2.75) is 82.1 Å². The van der Waals surface area contributed by atoms with Crippen LogP contribution in [0.4, 0.5) is 5.69 Å². The first-order valence-corrected chi connectivity index (χ1v) is 13.7. The molecule has 8 heteroatoms. The van der Waals surface area contributed by atoms with Gasteiger partial charge in [-0.1, -0.05) is 57.4 Å². The van der Waals surface area contributed by atoms with Crippen LogP contribution in [0.1, 0.15) is 63.9 Å². The van der Waals surface area contributed by atoms with E-state index < -0.39 is 29.6 Å². The van der Waals surface area contributed by atoms with Crippen LogP contribution in [0.5, 0.6) is 0 Å². The Labute approximate surface area is 219 Å². The van der Waals surface area contributed by atoms with E-state index in [2.05, 4.69) is 24.5 Å². The molecule has 1 aliphatic carbocycles. The zero-order valence-corrected chi connectivity index (χ0v) is 22.1. The fraction of sp³-hybridized carbons (Fsp3) is 0.621. The number of rotatable bonds is 9. The third kappa shape index (κ3) is 4.70. The van der Waals surface area contributed by atoms with Crippen LogP contribution in [-0.4, -0.2) is 66.7 Å². The molecule has 3 heterocycles.